The molecule has 0 amide bonds. The van der Waals surface area contributed by atoms with E-state index >= 15 is 0 Å². The van der Waals surface area contributed by atoms with E-state index in [2.05, 4.69) is 4.57 Å². The summed E-state index contributed by atoms with van der Waals surface area (Å²) in [6.07, 6.45) is 2.33. The zero-order chi connectivity index (χ0) is 23.4. The summed E-state index contributed by atoms with van der Waals surface area (Å²) in [4.78, 5) is 30.9. The van der Waals surface area contributed by atoms with Crippen LogP contribution in [0.15, 0.2) is 63.1 Å². The molecule has 3 aromatic heterocycles. The molecule has 0 radical (unpaired) electrons. The van der Waals surface area contributed by atoms with Crippen molar-refractivity contribution in [2.24, 2.45) is 0 Å². The van der Waals surface area contributed by atoms with E-state index < -0.39 is 0 Å². The molecule has 1 aromatic carbocycles. The number of benzene rings is 1. The monoisotopic (exact) mass is 465 g/mol. The van der Waals surface area contributed by atoms with Gasteiger partial charge in [-0.25, -0.2) is 4.98 Å². The summed E-state index contributed by atoms with van der Waals surface area (Å²) >= 11 is 1.30. The fraction of sp³-hybridized carbons (Fsp3) is 0.320. The number of Topliss-reactive ketones (excluding diaryl/α,β-unsaturated/α-hetero) is 1. The summed E-state index contributed by atoms with van der Waals surface area (Å²) in [6, 6.07) is 13.0. The number of methoxy groups -OCH3 is 1. The number of aryl methyl sites for hydroxylation is 1. The molecule has 0 saturated heterocycles. The van der Waals surface area contributed by atoms with Crippen molar-refractivity contribution in [3.05, 3.63) is 81.8 Å². The lowest BCUT2D eigenvalue weighted by atomic mass is 10.2. The zero-order valence-electron chi connectivity index (χ0n) is 19.0. The van der Waals surface area contributed by atoms with Crippen molar-refractivity contribution >= 4 is 28.4 Å². The van der Waals surface area contributed by atoms with Crippen LogP contribution in [0.2, 0.25) is 0 Å². The molecule has 0 atom stereocenters. The van der Waals surface area contributed by atoms with E-state index in [1.165, 1.54) is 11.8 Å². The standard InChI is InChI=1S/C25H27N3O4S/c1-17-14-21(18(2)28(17)15-19-8-6-13-32-19)23(29)16-33-25-26-22-10-5-4-9-20(22)24(30)27(25)11-7-12-31-3/h4-6,8-10,13-14H,7,11-12,15-16H2,1-3H3. The predicted molar refractivity (Wildman–Crippen MR) is 129 cm³/mol. The maximum Gasteiger partial charge on any atom is 0.262 e. The van der Waals surface area contributed by atoms with Gasteiger partial charge in [-0.15, -0.1) is 0 Å². The summed E-state index contributed by atoms with van der Waals surface area (Å²) in [7, 11) is 1.64. The first-order valence-corrected chi connectivity index (χ1v) is 11.8. The Kier molecular flexibility index (Phi) is 7.15. The molecule has 7 nitrogen and oxygen atoms in total. The van der Waals surface area contributed by atoms with Crippen LogP contribution < -0.4 is 5.56 Å². The number of thioether (sulfide) groups is 1. The summed E-state index contributed by atoms with van der Waals surface area (Å²) < 4.78 is 14.3. The minimum absolute atomic E-state index is 0.00430. The van der Waals surface area contributed by atoms with Crippen molar-refractivity contribution in [1.82, 2.24) is 14.1 Å². The van der Waals surface area contributed by atoms with Gasteiger partial charge in [0.15, 0.2) is 10.9 Å². The molecule has 4 rings (SSSR count). The number of furan rings is 1. The van der Waals surface area contributed by atoms with Gasteiger partial charge in [-0.3, -0.25) is 14.2 Å². The Morgan fingerprint density at radius 1 is 1.15 bits per heavy atom. The molecule has 3 heterocycles. The number of carbonyl (C=O) groups excluding carboxylic acids is 1. The normalized spacial score (nSPS) is 11.4. The maximum atomic E-state index is 13.1. The van der Waals surface area contributed by atoms with Crippen molar-refractivity contribution in [3.8, 4) is 0 Å². The van der Waals surface area contributed by atoms with Crippen LogP contribution in [0.25, 0.3) is 10.9 Å². The van der Waals surface area contributed by atoms with Crippen LogP contribution in [0.5, 0.6) is 0 Å². The quantitative estimate of drug-likeness (QED) is 0.149. The third-order valence-corrected chi connectivity index (χ3v) is 6.63. The first kappa shape index (κ1) is 23.1. The molecule has 0 N–H and O–H groups in total. The highest BCUT2D eigenvalue weighted by Crippen LogP contribution is 2.23. The molecule has 0 unspecified atom stereocenters. The van der Waals surface area contributed by atoms with Crippen LogP contribution in [0.4, 0.5) is 0 Å². The van der Waals surface area contributed by atoms with Crippen LogP contribution in [0, 0.1) is 13.8 Å². The van der Waals surface area contributed by atoms with Crippen LogP contribution in [-0.4, -0.2) is 39.4 Å². The Labute approximate surface area is 196 Å². The van der Waals surface area contributed by atoms with Crippen LogP contribution >= 0.6 is 11.8 Å². The fourth-order valence-corrected chi connectivity index (χ4v) is 4.82. The first-order valence-electron chi connectivity index (χ1n) is 10.8. The van der Waals surface area contributed by atoms with Gasteiger partial charge in [0.1, 0.15) is 5.76 Å². The number of fused-ring (bicyclic) bond motifs is 1. The van der Waals surface area contributed by atoms with E-state index in [9.17, 15) is 9.59 Å². The first-order chi connectivity index (χ1) is 16.0. The van der Waals surface area contributed by atoms with E-state index in [4.69, 9.17) is 14.1 Å². The van der Waals surface area contributed by atoms with Crippen molar-refractivity contribution in [3.63, 3.8) is 0 Å². The molecular weight excluding hydrogens is 438 g/mol. The lowest BCUT2D eigenvalue weighted by Crippen LogP contribution is -2.24. The molecule has 4 aromatic rings. The Morgan fingerprint density at radius 2 is 1.97 bits per heavy atom. The second kappa shape index (κ2) is 10.2. The lowest BCUT2D eigenvalue weighted by molar-refractivity contribution is 0.102. The number of ketones is 1. The molecule has 0 aliphatic rings. The molecule has 0 saturated carbocycles. The van der Waals surface area contributed by atoms with Gasteiger partial charge in [-0.2, -0.15) is 0 Å². The summed E-state index contributed by atoms with van der Waals surface area (Å²) in [6.45, 7) is 5.54. The Morgan fingerprint density at radius 3 is 2.73 bits per heavy atom. The summed E-state index contributed by atoms with van der Waals surface area (Å²) in [5.41, 5.74) is 3.12. The molecular formula is C25H27N3O4S. The predicted octanol–water partition coefficient (Wildman–Crippen LogP) is 4.47. The van der Waals surface area contributed by atoms with Crippen LogP contribution in [0.1, 0.15) is 33.9 Å². The molecule has 0 bridgehead atoms. The van der Waals surface area contributed by atoms with Gasteiger partial charge in [0, 0.05) is 37.2 Å². The molecule has 172 valence electrons. The topological polar surface area (TPSA) is 79.3 Å². The highest BCUT2D eigenvalue weighted by molar-refractivity contribution is 7.99. The maximum absolute atomic E-state index is 13.1. The zero-order valence-corrected chi connectivity index (χ0v) is 19.9. The molecule has 0 aliphatic heterocycles. The van der Waals surface area contributed by atoms with Crippen molar-refractivity contribution in [2.45, 2.75) is 38.5 Å². The largest absolute Gasteiger partial charge is 0.467 e. The van der Waals surface area contributed by atoms with Gasteiger partial charge in [0.25, 0.3) is 5.56 Å². The number of hydrogen-bond donors (Lipinski definition) is 0. The second-order valence-corrected chi connectivity index (χ2v) is 8.82. The minimum atomic E-state index is -0.0942. The van der Waals surface area contributed by atoms with Crippen molar-refractivity contribution in [2.75, 3.05) is 19.5 Å². The number of rotatable bonds is 10. The Balaban J connectivity index is 1.57. The van der Waals surface area contributed by atoms with Gasteiger partial charge in [-0.1, -0.05) is 23.9 Å². The lowest BCUT2D eigenvalue weighted by Gasteiger charge is -2.13. The number of hydrogen-bond acceptors (Lipinski definition) is 6. The SMILES string of the molecule is COCCCn1c(SCC(=O)c2cc(C)n(Cc3ccco3)c2C)nc2ccccc2c1=O. The van der Waals surface area contributed by atoms with Crippen molar-refractivity contribution in [1.29, 1.82) is 0 Å². The minimum Gasteiger partial charge on any atom is -0.467 e. The second-order valence-electron chi connectivity index (χ2n) is 7.88. The average Bonchev–Trinajstić information content (AvgIpc) is 3.43. The molecule has 0 spiro atoms. The van der Waals surface area contributed by atoms with Gasteiger partial charge < -0.3 is 13.7 Å². The number of aromatic nitrogens is 3. The third kappa shape index (κ3) is 4.96. The fourth-order valence-electron chi connectivity index (χ4n) is 3.91. The highest BCUT2D eigenvalue weighted by Gasteiger charge is 2.19. The van der Waals surface area contributed by atoms with Gasteiger partial charge in [0.2, 0.25) is 0 Å². The van der Waals surface area contributed by atoms with Gasteiger partial charge in [0.05, 0.1) is 29.5 Å². The van der Waals surface area contributed by atoms with Gasteiger partial charge >= 0.3 is 0 Å². The summed E-state index contributed by atoms with van der Waals surface area (Å²) in [5, 5.41) is 1.12. The van der Waals surface area contributed by atoms with Crippen LogP contribution in [0.3, 0.4) is 0 Å². The molecule has 0 fully saturated rings. The van der Waals surface area contributed by atoms with E-state index in [-0.39, 0.29) is 17.1 Å². The van der Waals surface area contributed by atoms with E-state index in [0.29, 0.717) is 47.7 Å². The smallest absolute Gasteiger partial charge is 0.262 e. The summed E-state index contributed by atoms with van der Waals surface area (Å²) in [5.74, 6) is 1.04. The van der Waals surface area contributed by atoms with E-state index in [0.717, 1.165) is 17.1 Å². The Bertz CT molecular complexity index is 1320. The average molecular weight is 466 g/mol. The molecule has 0 aliphatic carbocycles. The number of para-hydroxylation sites is 1. The van der Waals surface area contributed by atoms with Crippen LogP contribution in [-0.2, 0) is 17.8 Å². The number of nitrogens with zero attached hydrogens (tertiary/aromatic N) is 3. The number of carbonyl (C=O) groups is 1. The highest BCUT2D eigenvalue weighted by atomic mass is 32.2. The Hall–Kier alpha value is -3.10. The van der Waals surface area contributed by atoms with Crippen molar-refractivity contribution < 1.29 is 13.9 Å². The van der Waals surface area contributed by atoms with Gasteiger partial charge in [-0.05, 0) is 50.6 Å². The number of ether oxygens (including phenoxy) is 1. The van der Waals surface area contributed by atoms with E-state index in [1.54, 1.807) is 24.0 Å². The molecule has 33 heavy (non-hydrogen) atoms. The van der Waals surface area contributed by atoms with E-state index in [1.807, 2.05) is 50.2 Å². The third-order valence-electron chi connectivity index (χ3n) is 5.66. The molecule has 8 heteroatoms.